The van der Waals surface area contributed by atoms with Crippen molar-refractivity contribution in [3.8, 4) is 0 Å². The van der Waals surface area contributed by atoms with Gasteiger partial charge >= 0.3 is 0 Å². The second-order valence-electron chi connectivity index (χ2n) is 5.94. The predicted octanol–water partition coefficient (Wildman–Crippen LogP) is 2.77. The Morgan fingerprint density at radius 3 is 2.76 bits per heavy atom. The molecule has 0 atom stereocenters. The van der Waals surface area contributed by atoms with Gasteiger partial charge in [0.2, 0.25) is 0 Å². The summed E-state index contributed by atoms with van der Waals surface area (Å²) in [5, 5.41) is 10.3. The minimum absolute atomic E-state index is 0.0206. The molecule has 1 aliphatic rings. The van der Waals surface area contributed by atoms with Crippen molar-refractivity contribution < 1.29 is 9.90 Å². The van der Waals surface area contributed by atoms with Gasteiger partial charge in [-0.2, -0.15) is 0 Å². The average molecular weight is 286 g/mol. The topological polar surface area (TPSA) is 56.3 Å². The minimum Gasteiger partial charge on any atom is -0.395 e. The van der Waals surface area contributed by atoms with Crippen molar-refractivity contribution in [2.45, 2.75) is 39.2 Å². The molecule has 0 saturated heterocycles. The largest absolute Gasteiger partial charge is 0.395 e. The fourth-order valence-corrected chi connectivity index (χ4v) is 3.02. The maximum absolute atomic E-state index is 12.7. The lowest BCUT2D eigenvalue weighted by atomic mass is 9.91. The number of H-pyrrole nitrogens is 1. The van der Waals surface area contributed by atoms with Crippen LogP contribution in [0.4, 0.5) is 0 Å². The van der Waals surface area contributed by atoms with E-state index in [2.05, 4.69) is 11.9 Å². The number of aromatic amines is 1. The number of amides is 1. The lowest BCUT2D eigenvalue weighted by Crippen LogP contribution is -2.45. The van der Waals surface area contributed by atoms with E-state index < -0.39 is 0 Å². The molecule has 112 valence electrons. The summed E-state index contributed by atoms with van der Waals surface area (Å²) in [6, 6.07) is 6.12. The number of hydrogen-bond donors (Lipinski definition) is 2. The zero-order valence-corrected chi connectivity index (χ0v) is 12.6. The van der Waals surface area contributed by atoms with Crippen molar-refractivity contribution in [3.63, 3.8) is 0 Å². The number of carbonyl (C=O) groups excluding carboxylic acids is 1. The van der Waals surface area contributed by atoms with E-state index in [1.54, 1.807) is 0 Å². The van der Waals surface area contributed by atoms with Gasteiger partial charge in [0.05, 0.1) is 6.61 Å². The van der Waals surface area contributed by atoms with Gasteiger partial charge in [-0.3, -0.25) is 4.79 Å². The second kappa shape index (κ2) is 5.53. The van der Waals surface area contributed by atoms with Crippen molar-refractivity contribution >= 4 is 16.8 Å². The van der Waals surface area contributed by atoms with Crippen LogP contribution in [0.3, 0.4) is 0 Å². The van der Waals surface area contributed by atoms with Crippen LogP contribution in [0.1, 0.15) is 40.9 Å². The highest BCUT2D eigenvalue weighted by molar-refractivity contribution is 5.99. The Balaban J connectivity index is 1.94. The van der Waals surface area contributed by atoms with Gasteiger partial charge in [0.25, 0.3) is 5.91 Å². The molecule has 1 amide bonds. The first-order valence-electron chi connectivity index (χ1n) is 7.62. The third-order valence-corrected chi connectivity index (χ3v) is 4.67. The molecule has 1 aliphatic carbocycles. The minimum atomic E-state index is 0.0206. The molecule has 1 heterocycles. The summed E-state index contributed by atoms with van der Waals surface area (Å²) < 4.78 is 0. The summed E-state index contributed by atoms with van der Waals surface area (Å²) in [4.78, 5) is 17.9. The normalized spacial score (nSPS) is 15.2. The van der Waals surface area contributed by atoms with E-state index in [-0.39, 0.29) is 12.5 Å². The van der Waals surface area contributed by atoms with Crippen LogP contribution in [0, 0.1) is 13.8 Å². The highest BCUT2D eigenvalue weighted by Crippen LogP contribution is 2.27. The number of aliphatic hydroxyl groups is 1. The molecule has 2 aromatic rings. The van der Waals surface area contributed by atoms with E-state index >= 15 is 0 Å². The van der Waals surface area contributed by atoms with Crippen LogP contribution in [0.5, 0.6) is 0 Å². The van der Waals surface area contributed by atoms with Crippen LogP contribution >= 0.6 is 0 Å². The molecule has 4 nitrogen and oxygen atoms in total. The van der Waals surface area contributed by atoms with Crippen molar-refractivity contribution in [3.05, 3.63) is 35.0 Å². The van der Waals surface area contributed by atoms with Crippen LogP contribution in [0.2, 0.25) is 0 Å². The molecular weight excluding hydrogens is 264 g/mol. The molecule has 0 unspecified atom stereocenters. The molecule has 3 rings (SSSR count). The van der Waals surface area contributed by atoms with Gasteiger partial charge in [0.1, 0.15) is 0 Å². The second-order valence-corrected chi connectivity index (χ2v) is 5.94. The van der Waals surface area contributed by atoms with E-state index in [4.69, 9.17) is 0 Å². The average Bonchev–Trinajstić information content (AvgIpc) is 2.71. The fraction of sp³-hybridized carbons (Fsp3) is 0.471. The maximum Gasteiger partial charge on any atom is 0.254 e. The third-order valence-electron chi connectivity index (χ3n) is 4.67. The number of nitrogens with one attached hydrogen (secondary N) is 1. The highest BCUT2D eigenvalue weighted by atomic mass is 16.3. The summed E-state index contributed by atoms with van der Waals surface area (Å²) in [5.41, 5.74) is 4.11. The smallest absolute Gasteiger partial charge is 0.254 e. The number of fused-ring (bicyclic) bond motifs is 1. The maximum atomic E-state index is 12.7. The number of carbonyl (C=O) groups is 1. The first kappa shape index (κ1) is 14.1. The Bertz CT molecular complexity index is 671. The van der Waals surface area contributed by atoms with Gasteiger partial charge in [-0.25, -0.2) is 0 Å². The Labute approximate surface area is 124 Å². The zero-order valence-electron chi connectivity index (χ0n) is 12.6. The van der Waals surface area contributed by atoms with Gasteiger partial charge in [-0.1, -0.05) is 0 Å². The first-order valence-corrected chi connectivity index (χ1v) is 7.62. The molecular formula is C17H22N2O2. The van der Waals surface area contributed by atoms with Crippen LogP contribution in [-0.4, -0.2) is 40.1 Å². The van der Waals surface area contributed by atoms with Crippen molar-refractivity contribution in [2.75, 3.05) is 13.2 Å². The molecule has 1 aromatic carbocycles. The fourth-order valence-electron chi connectivity index (χ4n) is 3.02. The number of aliphatic hydroxyl groups excluding tert-OH is 1. The number of aryl methyl sites for hydroxylation is 2. The SMILES string of the molecule is Cc1[nH]c2ccc(C(=O)N(CCO)C3CCC3)cc2c1C. The highest BCUT2D eigenvalue weighted by Gasteiger charge is 2.29. The van der Waals surface area contributed by atoms with E-state index in [1.165, 1.54) is 12.0 Å². The van der Waals surface area contributed by atoms with Crippen LogP contribution in [0.15, 0.2) is 18.2 Å². The number of benzene rings is 1. The standard InChI is InChI=1S/C17H22N2O2/c1-11-12(2)18-16-7-6-13(10-15(11)16)17(21)19(8-9-20)14-4-3-5-14/h6-7,10,14,18,20H,3-5,8-9H2,1-2H3. The predicted molar refractivity (Wildman–Crippen MR) is 83.5 cm³/mol. The van der Waals surface area contributed by atoms with E-state index in [0.717, 1.165) is 29.4 Å². The van der Waals surface area contributed by atoms with E-state index in [1.807, 2.05) is 30.0 Å². The summed E-state index contributed by atoms with van der Waals surface area (Å²) in [6.45, 7) is 4.56. The zero-order chi connectivity index (χ0) is 15.0. The molecule has 1 aromatic heterocycles. The number of rotatable bonds is 4. The number of hydrogen-bond acceptors (Lipinski definition) is 2. The summed E-state index contributed by atoms with van der Waals surface area (Å²) in [7, 11) is 0. The molecule has 0 aliphatic heterocycles. The summed E-state index contributed by atoms with van der Waals surface area (Å²) in [5.74, 6) is 0.0360. The number of aromatic nitrogens is 1. The monoisotopic (exact) mass is 286 g/mol. The lowest BCUT2D eigenvalue weighted by molar-refractivity contribution is 0.0526. The summed E-state index contributed by atoms with van der Waals surface area (Å²) >= 11 is 0. The molecule has 0 spiro atoms. The van der Waals surface area contributed by atoms with E-state index in [9.17, 15) is 9.90 Å². The Hall–Kier alpha value is -1.81. The quantitative estimate of drug-likeness (QED) is 0.908. The Morgan fingerprint density at radius 2 is 2.14 bits per heavy atom. The molecule has 21 heavy (non-hydrogen) atoms. The Kier molecular flexibility index (Phi) is 3.72. The van der Waals surface area contributed by atoms with Crippen LogP contribution < -0.4 is 0 Å². The Morgan fingerprint density at radius 1 is 1.38 bits per heavy atom. The number of nitrogens with zero attached hydrogens (tertiary/aromatic N) is 1. The molecule has 2 N–H and O–H groups in total. The van der Waals surface area contributed by atoms with Crippen molar-refractivity contribution in [1.82, 2.24) is 9.88 Å². The molecule has 4 heteroatoms. The van der Waals surface area contributed by atoms with Crippen LogP contribution in [0.25, 0.3) is 10.9 Å². The lowest BCUT2D eigenvalue weighted by Gasteiger charge is -2.37. The van der Waals surface area contributed by atoms with E-state index in [0.29, 0.717) is 18.2 Å². The molecule has 1 fully saturated rings. The molecule has 0 bridgehead atoms. The van der Waals surface area contributed by atoms with Crippen molar-refractivity contribution in [2.24, 2.45) is 0 Å². The van der Waals surface area contributed by atoms with Gasteiger partial charge in [-0.15, -0.1) is 0 Å². The van der Waals surface area contributed by atoms with Gasteiger partial charge in [0, 0.05) is 34.7 Å². The summed E-state index contributed by atoms with van der Waals surface area (Å²) in [6.07, 6.45) is 3.28. The van der Waals surface area contributed by atoms with Gasteiger partial charge in [-0.05, 0) is 56.9 Å². The van der Waals surface area contributed by atoms with Gasteiger partial charge in [0.15, 0.2) is 0 Å². The molecule has 0 radical (unpaired) electrons. The first-order chi connectivity index (χ1) is 10.1. The van der Waals surface area contributed by atoms with Crippen LogP contribution in [-0.2, 0) is 0 Å². The molecule has 1 saturated carbocycles. The van der Waals surface area contributed by atoms with Crippen molar-refractivity contribution in [1.29, 1.82) is 0 Å². The van der Waals surface area contributed by atoms with Gasteiger partial charge < -0.3 is 15.0 Å². The third kappa shape index (κ3) is 2.44.